The molecule has 1 N–H and O–H groups in total. The van der Waals surface area contributed by atoms with E-state index in [1.165, 1.54) is 37.2 Å². The number of hydrogen-bond donors (Lipinski definition) is 1. The van der Waals surface area contributed by atoms with Crippen molar-refractivity contribution in [1.29, 1.82) is 0 Å². The van der Waals surface area contributed by atoms with Gasteiger partial charge in [0.2, 0.25) is 5.91 Å². The van der Waals surface area contributed by atoms with Gasteiger partial charge in [-0.3, -0.25) is 4.79 Å². The lowest BCUT2D eigenvalue weighted by atomic mass is 9.90. The van der Waals surface area contributed by atoms with E-state index in [2.05, 4.69) is 69.7 Å². The third kappa shape index (κ3) is 5.53. The van der Waals surface area contributed by atoms with Crippen LogP contribution in [0.2, 0.25) is 0 Å². The summed E-state index contributed by atoms with van der Waals surface area (Å²) in [7, 11) is 0. The van der Waals surface area contributed by atoms with Crippen LogP contribution in [0.4, 0.5) is 11.4 Å². The molecule has 154 valence electrons. The van der Waals surface area contributed by atoms with Gasteiger partial charge in [-0.05, 0) is 67.9 Å². The van der Waals surface area contributed by atoms with Crippen LogP contribution in [0.5, 0.6) is 0 Å². The van der Waals surface area contributed by atoms with Gasteiger partial charge in [0, 0.05) is 50.5 Å². The summed E-state index contributed by atoms with van der Waals surface area (Å²) >= 11 is 0. The molecule has 2 aliphatic heterocycles. The Morgan fingerprint density at radius 1 is 0.897 bits per heavy atom. The van der Waals surface area contributed by atoms with Crippen molar-refractivity contribution in [2.45, 2.75) is 38.5 Å². The number of nitrogens with one attached hydrogen (secondary N) is 1. The lowest BCUT2D eigenvalue weighted by Gasteiger charge is -2.32. The predicted octanol–water partition coefficient (Wildman–Crippen LogP) is 4.57. The second kappa shape index (κ2) is 9.82. The average molecular weight is 392 g/mol. The average Bonchev–Trinajstić information content (AvgIpc) is 3.30. The smallest absolute Gasteiger partial charge is 0.224 e. The molecule has 2 fully saturated rings. The van der Waals surface area contributed by atoms with E-state index in [-0.39, 0.29) is 5.91 Å². The Hall–Kier alpha value is -2.49. The van der Waals surface area contributed by atoms with Crippen LogP contribution >= 0.6 is 0 Å². The van der Waals surface area contributed by atoms with E-state index in [0.717, 1.165) is 38.0 Å². The number of piperidine rings is 1. The first-order valence-electron chi connectivity index (χ1n) is 11.2. The van der Waals surface area contributed by atoms with Gasteiger partial charge in [0.05, 0.1) is 0 Å². The number of hydrogen-bond acceptors (Lipinski definition) is 3. The maximum atomic E-state index is 12.6. The highest BCUT2D eigenvalue weighted by molar-refractivity contribution is 5.76. The molecular formula is C25H33N3O. The molecule has 2 heterocycles. The molecule has 0 atom stereocenters. The minimum absolute atomic E-state index is 0.282. The van der Waals surface area contributed by atoms with Crippen molar-refractivity contribution in [2.75, 3.05) is 42.9 Å². The highest BCUT2D eigenvalue weighted by atomic mass is 16.2. The first-order chi connectivity index (χ1) is 14.3. The minimum Gasteiger partial charge on any atom is -0.385 e. The molecule has 0 saturated carbocycles. The predicted molar refractivity (Wildman–Crippen MR) is 120 cm³/mol. The largest absolute Gasteiger partial charge is 0.385 e. The molecule has 0 bridgehead atoms. The summed E-state index contributed by atoms with van der Waals surface area (Å²) in [5.74, 6) is 0.984. The van der Waals surface area contributed by atoms with Gasteiger partial charge in [0.25, 0.3) is 0 Å². The molecule has 0 aliphatic carbocycles. The van der Waals surface area contributed by atoms with Gasteiger partial charge < -0.3 is 15.1 Å². The number of anilines is 2. The molecule has 0 radical (unpaired) electrons. The van der Waals surface area contributed by atoms with Gasteiger partial charge in [0.15, 0.2) is 0 Å². The molecule has 2 saturated heterocycles. The summed E-state index contributed by atoms with van der Waals surface area (Å²) in [5, 5.41) is 3.41. The fourth-order valence-corrected chi connectivity index (χ4v) is 4.57. The van der Waals surface area contributed by atoms with Crippen molar-refractivity contribution in [2.24, 2.45) is 5.92 Å². The summed E-state index contributed by atoms with van der Waals surface area (Å²) in [6.07, 6.45) is 6.53. The normalized spacial score (nSPS) is 17.5. The number of nitrogens with zero attached hydrogens (tertiary/aromatic N) is 2. The SMILES string of the molecule is O=C(CCNc1ccc(N2CCCC2)cc1)N1CCC(Cc2ccccc2)CC1. The number of amides is 1. The first-order valence-corrected chi connectivity index (χ1v) is 11.2. The number of likely N-dealkylation sites (tertiary alicyclic amines) is 1. The van der Waals surface area contributed by atoms with Gasteiger partial charge >= 0.3 is 0 Å². The molecule has 2 aliphatic rings. The lowest BCUT2D eigenvalue weighted by molar-refractivity contribution is -0.132. The Labute approximate surface area is 174 Å². The molecule has 0 aromatic heterocycles. The van der Waals surface area contributed by atoms with Crippen molar-refractivity contribution >= 4 is 17.3 Å². The molecule has 2 aromatic carbocycles. The minimum atomic E-state index is 0.282. The third-order valence-corrected chi connectivity index (χ3v) is 6.34. The number of rotatable bonds is 7. The van der Waals surface area contributed by atoms with Crippen molar-refractivity contribution in [3.63, 3.8) is 0 Å². The summed E-state index contributed by atoms with van der Waals surface area (Å²) in [6, 6.07) is 19.4. The van der Waals surface area contributed by atoms with Crippen LogP contribution in [0.15, 0.2) is 54.6 Å². The van der Waals surface area contributed by atoms with Crippen LogP contribution in [0, 0.1) is 5.92 Å². The topological polar surface area (TPSA) is 35.6 Å². The summed E-state index contributed by atoms with van der Waals surface area (Å²) < 4.78 is 0. The van der Waals surface area contributed by atoms with Gasteiger partial charge in [-0.2, -0.15) is 0 Å². The van der Waals surface area contributed by atoms with E-state index in [1.54, 1.807) is 0 Å². The van der Waals surface area contributed by atoms with Gasteiger partial charge in [-0.1, -0.05) is 30.3 Å². The maximum absolute atomic E-state index is 12.6. The van der Waals surface area contributed by atoms with E-state index in [1.807, 2.05) is 0 Å². The Bertz CT molecular complexity index is 760. The summed E-state index contributed by atoms with van der Waals surface area (Å²) in [4.78, 5) is 17.1. The van der Waals surface area contributed by atoms with Crippen LogP contribution in [-0.4, -0.2) is 43.5 Å². The molecule has 1 amide bonds. The monoisotopic (exact) mass is 391 g/mol. The van der Waals surface area contributed by atoms with Crippen LogP contribution in [-0.2, 0) is 11.2 Å². The summed E-state index contributed by atoms with van der Waals surface area (Å²) in [5.41, 5.74) is 3.82. The molecule has 0 unspecified atom stereocenters. The number of benzene rings is 2. The maximum Gasteiger partial charge on any atom is 0.224 e. The van der Waals surface area contributed by atoms with Gasteiger partial charge in [-0.25, -0.2) is 0 Å². The zero-order valence-corrected chi connectivity index (χ0v) is 17.4. The standard InChI is InChI=1S/C25H33N3O/c29-25(28-18-13-22(14-19-28)20-21-6-2-1-3-7-21)12-15-26-23-8-10-24(11-9-23)27-16-4-5-17-27/h1-3,6-11,22,26H,4-5,12-20H2. The van der Waals surface area contributed by atoms with E-state index >= 15 is 0 Å². The molecule has 4 nitrogen and oxygen atoms in total. The van der Waals surface area contributed by atoms with E-state index in [0.29, 0.717) is 18.9 Å². The highest BCUT2D eigenvalue weighted by Gasteiger charge is 2.22. The van der Waals surface area contributed by atoms with Crippen molar-refractivity contribution in [3.8, 4) is 0 Å². The lowest BCUT2D eigenvalue weighted by Crippen LogP contribution is -2.39. The third-order valence-electron chi connectivity index (χ3n) is 6.34. The van der Waals surface area contributed by atoms with Crippen molar-refractivity contribution in [1.82, 2.24) is 4.90 Å². The second-order valence-corrected chi connectivity index (χ2v) is 8.43. The van der Waals surface area contributed by atoms with E-state index in [9.17, 15) is 4.79 Å². The van der Waals surface area contributed by atoms with E-state index in [4.69, 9.17) is 0 Å². The Morgan fingerprint density at radius 2 is 1.59 bits per heavy atom. The fraction of sp³-hybridized carbons (Fsp3) is 0.480. The zero-order chi connectivity index (χ0) is 19.9. The van der Waals surface area contributed by atoms with Crippen LogP contribution in [0.1, 0.15) is 37.7 Å². The Kier molecular flexibility index (Phi) is 6.71. The highest BCUT2D eigenvalue weighted by Crippen LogP contribution is 2.23. The molecule has 4 rings (SSSR count). The van der Waals surface area contributed by atoms with Crippen molar-refractivity contribution in [3.05, 3.63) is 60.2 Å². The quantitative estimate of drug-likeness (QED) is 0.751. The van der Waals surface area contributed by atoms with Gasteiger partial charge in [-0.15, -0.1) is 0 Å². The second-order valence-electron chi connectivity index (χ2n) is 8.43. The summed E-state index contributed by atoms with van der Waals surface area (Å²) in [6.45, 7) is 4.85. The fourth-order valence-electron chi connectivity index (χ4n) is 4.57. The van der Waals surface area contributed by atoms with E-state index < -0.39 is 0 Å². The van der Waals surface area contributed by atoms with Crippen molar-refractivity contribution < 1.29 is 4.79 Å². The Balaban J connectivity index is 1.16. The molecular weight excluding hydrogens is 358 g/mol. The van der Waals surface area contributed by atoms with Gasteiger partial charge in [0.1, 0.15) is 0 Å². The zero-order valence-electron chi connectivity index (χ0n) is 17.4. The number of carbonyl (C=O) groups excluding carboxylic acids is 1. The first kappa shape index (κ1) is 19.8. The van der Waals surface area contributed by atoms with Crippen LogP contribution < -0.4 is 10.2 Å². The Morgan fingerprint density at radius 3 is 2.28 bits per heavy atom. The molecule has 29 heavy (non-hydrogen) atoms. The molecule has 4 heteroatoms. The molecule has 0 spiro atoms. The number of carbonyl (C=O) groups is 1. The van der Waals surface area contributed by atoms with Crippen LogP contribution in [0.3, 0.4) is 0 Å². The molecule has 2 aromatic rings. The van der Waals surface area contributed by atoms with Crippen LogP contribution in [0.25, 0.3) is 0 Å².